The molecule has 2 aromatic rings. The van der Waals surface area contributed by atoms with Crippen LogP contribution in [-0.4, -0.2) is 5.11 Å². The van der Waals surface area contributed by atoms with Crippen molar-refractivity contribution in [1.29, 1.82) is 0 Å². The number of hydrogen-bond donors (Lipinski definition) is 1. The van der Waals surface area contributed by atoms with E-state index in [9.17, 15) is 9.50 Å². The van der Waals surface area contributed by atoms with E-state index in [2.05, 4.69) is 13.8 Å². The lowest BCUT2D eigenvalue weighted by atomic mass is 9.96. The lowest BCUT2D eigenvalue weighted by molar-refractivity contribution is 0.215. The van der Waals surface area contributed by atoms with Crippen LogP contribution in [0.25, 0.3) is 0 Å². The fourth-order valence-electron chi connectivity index (χ4n) is 2.12. The highest BCUT2D eigenvalue weighted by molar-refractivity contribution is 5.35. The number of halogens is 1. The van der Waals surface area contributed by atoms with Crippen molar-refractivity contribution in [3.05, 3.63) is 70.5 Å². The second-order valence-electron chi connectivity index (χ2n) is 5.25. The third kappa shape index (κ3) is 3.02. The standard InChI is InChI=1S/C17H19FO/c1-11(2)13-5-7-14(8-6-13)17(19)15-10-12(3)4-9-16(15)18/h4-11,17,19H,1-3H3. The minimum atomic E-state index is -0.916. The summed E-state index contributed by atoms with van der Waals surface area (Å²) in [5.74, 6) is 0.0768. The average molecular weight is 258 g/mol. The second-order valence-corrected chi connectivity index (χ2v) is 5.25. The van der Waals surface area contributed by atoms with Crippen LogP contribution in [0.5, 0.6) is 0 Å². The van der Waals surface area contributed by atoms with Crippen molar-refractivity contribution in [1.82, 2.24) is 0 Å². The van der Waals surface area contributed by atoms with Gasteiger partial charge in [0.25, 0.3) is 0 Å². The molecule has 0 bridgehead atoms. The van der Waals surface area contributed by atoms with Crippen LogP contribution >= 0.6 is 0 Å². The van der Waals surface area contributed by atoms with Crippen LogP contribution in [0.15, 0.2) is 42.5 Å². The number of aliphatic hydroxyl groups excluding tert-OH is 1. The van der Waals surface area contributed by atoms with E-state index in [1.807, 2.05) is 31.2 Å². The quantitative estimate of drug-likeness (QED) is 0.868. The van der Waals surface area contributed by atoms with Gasteiger partial charge in [-0.3, -0.25) is 0 Å². The van der Waals surface area contributed by atoms with Crippen molar-refractivity contribution in [2.75, 3.05) is 0 Å². The Labute approximate surface area is 113 Å². The zero-order valence-electron chi connectivity index (χ0n) is 11.5. The van der Waals surface area contributed by atoms with Gasteiger partial charge in [-0.2, -0.15) is 0 Å². The summed E-state index contributed by atoms with van der Waals surface area (Å²) in [6.07, 6.45) is -0.916. The van der Waals surface area contributed by atoms with Crippen LogP contribution in [0.4, 0.5) is 4.39 Å². The molecule has 0 heterocycles. The predicted molar refractivity (Wildman–Crippen MR) is 75.7 cm³/mol. The summed E-state index contributed by atoms with van der Waals surface area (Å²) in [7, 11) is 0. The minimum Gasteiger partial charge on any atom is -0.384 e. The maximum absolute atomic E-state index is 13.8. The molecule has 0 saturated carbocycles. The van der Waals surface area contributed by atoms with Crippen molar-refractivity contribution in [2.24, 2.45) is 0 Å². The van der Waals surface area contributed by atoms with Gasteiger partial charge in [0.1, 0.15) is 11.9 Å². The molecule has 0 fully saturated rings. The molecule has 0 radical (unpaired) electrons. The molecule has 1 nitrogen and oxygen atoms in total. The van der Waals surface area contributed by atoms with E-state index in [-0.39, 0.29) is 5.82 Å². The van der Waals surface area contributed by atoms with Gasteiger partial charge in [-0.25, -0.2) is 4.39 Å². The van der Waals surface area contributed by atoms with Gasteiger partial charge in [0.2, 0.25) is 0 Å². The average Bonchev–Trinajstić information content (AvgIpc) is 2.41. The molecule has 2 rings (SSSR count). The first-order chi connectivity index (χ1) is 8.99. The van der Waals surface area contributed by atoms with E-state index in [0.29, 0.717) is 17.0 Å². The van der Waals surface area contributed by atoms with Crippen LogP contribution in [0.1, 0.15) is 48.1 Å². The molecule has 100 valence electrons. The Bertz CT molecular complexity index is 558. The van der Waals surface area contributed by atoms with E-state index in [1.165, 1.54) is 11.6 Å². The summed E-state index contributed by atoms with van der Waals surface area (Å²) in [6.45, 7) is 6.12. The molecule has 0 aliphatic carbocycles. The summed E-state index contributed by atoms with van der Waals surface area (Å²) in [4.78, 5) is 0. The van der Waals surface area contributed by atoms with Gasteiger partial charge >= 0.3 is 0 Å². The minimum absolute atomic E-state index is 0.331. The Hall–Kier alpha value is -1.67. The molecule has 1 N–H and O–H groups in total. The number of benzene rings is 2. The first-order valence-corrected chi connectivity index (χ1v) is 6.53. The van der Waals surface area contributed by atoms with E-state index in [4.69, 9.17) is 0 Å². The molecular formula is C17H19FO. The van der Waals surface area contributed by atoms with Gasteiger partial charge in [0.05, 0.1) is 0 Å². The van der Waals surface area contributed by atoms with Crippen molar-refractivity contribution in [2.45, 2.75) is 32.8 Å². The smallest absolute Gasteiger partial charge is 0.129 e. The predicted octanol–water partition coefficient (Wildman–Crippen LogP) is 4.34. The number of aryl methyl sites for hydroxylation is 1. The van der Waals surface area contributed by atoms with E-state index in [0.717, 1.165) is 5.56 Å². The highest BCUT2D eigenvalue weighted by atomic mass is 19.1. The lowest BCUT2D eigenvalue weighted by Gasteiger charge is -2.14. The Balaban J connectivity index is 2.33. The Morgan fingerprint density at radius 3 is 2.11 bits per heavy atom. The summed E-state index contributed by atoms with van der Waals surface area (Å²) in [6, 6.07) is 12.5. The normalized spacial score (nSPS) is 12.7. The largest absolute Gasteiger partial charge is 0.384 e. The molecule has 2 heteroatoms. The summed E-state index contributed by atoms with van der Waals surface area (Å²) >= 11 is 0. The van der Waals surface area contributed by atoms with Crippen LogP contribution in [0.3, 0.4) is 0 Å². The SMILES string of the molecule is Cc1ccc(F)c(C(O)c2ccc(C(C)C)cc2)c1. The van der Waals surface area contributed by atoms with Gasteiger partial charge in [0.15, 0.2) is 0 Å². The Morgan fingerprint density at radius 2 is 1.53 bits per heavy atom. The van der Waals surface area contributed by atoms with Crippen LogP contribution in [0.2, 0.25) is 0 Å². The number of rotatable bonds is 3. The lowest BCUT2D eigenvalue weighted by Crippen LogP contribution is -2.03. The first kappa shape index (κ1) is 13.8. The van der Waals surface area contributed by atoms with E-state index >= 15 is 0 Å². The Kier molecular flexibility index (Phi) is 4.01. The summed E-state index contributed by atoms with van der Waals surface area (Å²) in [5, 5.41) is 10.3. The number of aliphatic hydroxyl groups is 1. The van der Waals surface area contributed by atoms with Crippen LogP contribution in [0, 0.1) is 12.7 Å². The van der Waals surface area contributed by atoms with Gasteiger partial charge in [-0.15, -0.1) is 0 Å². The molecule has 19 heavy (non-hydrogen) atoms. The van der Waals surface area contributed by atoms with Crippen molar-refractivity contribution >= 4 is 0 Å². The molecule has 0 amide bonds. The van der Waals surface area contributed by atoms with Gasteiger partial charge in [0, 0.05) is 5.56 Å². The highest BCUT2D eigenvalue weighted by Crippen LogP contribution is 2.26. The van der Waals surface area contributed by atoms with Crippen LogP contribution < -0.4 is 0 Å². The van der Waals surface area contributed by atoms with Crippen molar-refractivity contribution in [3.8, 4) is 0 Å². The highest BCUT2D eigenvalue weighted by Gasteiger charge is 2.15. The topological polar surface area (TPSA) is 20.2 Å². The molecule has 0 spiro atoms. The fraction of sp³-hybridized carbons (Fsp3) is 0.294. The molecule has 0 aromatic heterocycles. The third-order valence-electron chi connectivity index (χ3n) is 3.36. The monoisotopic (exact) mass is 258 g/mol. The molecule has 0 aliphatic rings. The maximum Gasteiger partial charge on any atom is 0.129 e. The van der Waals surface area contributed by atoms with Gasteiger partial charge in [-0.05, 0) is 30.0 Å². The molecule has 1 unspecified atom stereocenters. The van der Waals surface area contributed by atoms with Crippen LogP contribution in [-0.2, 0) is 0 Å². The number of hydrogen-bond acceptors (Lipinski definition) is 1. The molecule has 2 aromatic carbocycles. The van der Waals surface area contributed by atoms with E-state index < -0.39 is 6.10 Å². The second kappa shape index (κ2) is 5.54. The fourth-order valence-corrected chi connectivity index (χ4v) is 2.12. The Morgan fingerprint density at radius 1 is 0.947 bits per heavy atom. The van der Waals surface area contributed by atoms with Crippen molar-refractivity contribution in [3.63, 3.8) is 0 Å². The zero-order valence-corrected chi connectivity index (χ0v) is 11.5. The summed E-state index contributed by atoms with van der Waals surface area (Å²) in [5.41, 5.74) is 3.20. The molecule has 0 saturated heterocycles. The maximum atomic E-state index is 13.8. The molecular weight excluding hydrogens is 239 g/mol. The summed E-state index contributed by atoms with van der Waals surface area (Å²) < 4.78 is 13.8. The first-order valence-electron chi connectivity index (χ1n) is 6.53. The van der Waals surface area contributed by atoms with Gasteiger partial charge < -0.3 is 5.11 Å². The third-order valence-corrected chi connectivity index (χ3v) is 3.36. The molecule has 1 atom stereocenters. The zero-order chi connectivity index (χ0) is 14.0. The molecule has 0 aliphatic heterocycles. The van der Waals surface area contributed by atoms with E-state index in [1.54, 1.807) is 12.1 Å². The van der Waals surface area contributed by atoms with Crippen molar-refractivity contribution < 1.29 is 9.50 Å². The van der Waals surface area contributed by atoms with Gasteiger partial charge in [-0.1, -0.05) is 55.8 Å².